The molecule has 0 aromatic carbocycles. The van der Waals surface area contributed by atoms with E-state index >= 15 is 0 Å². The van der Waals surface area contributed by atoms with Crippen LogP contribution in [0.15, 0.2) is 0 Å². The number of nitrogens with one attached hydrogen (secondary N) is 1. The lowest BCUT2D eigenvalue weighted by atomic mass is 9.70. The average Bonchev–Trinajstić information content (AvgIpc) is 3.05. The van der Waals surface area contributed by atoms with Gasteiger partial charge in [0, 0.05) is 25.5 Å². The summed E-state index contributed by atoms with van der Waals surface area (Å²) in [6.07, 6.45) is -8.14. The fraction of sp³-hybridized carbons (Fsp3) is 0.973. The Morgan fingerprint density at radius 2 is 1.50 bits per heavy atom. The molecule has 3 fully saturated rings. The van der Waals surface area contributed by atoms with Crippen molar-refractivity contribution in [3.63, 3.8) is 0 Å². The summed E-state index contributed by atoms with van der Waals surface area (Å²) in [5.41, 5.74) is -4.36. The highest BCUT2D eigenvalue weighted by molar-refractivity contribution is 5.73. The van der Waals surface area contributed by atoms with Gasteiger partial charge in [0.25, 0.3) is 0 Å². The topological polar surface area (TPSA) is 186 Å². The lowest BCUT2D eigenvalue weighted by Crippen LogP contribution is -2.61. The molecular weight excluding hydrogens is 650 g/mol. The summed E-state index contributed by atoms with van der Waals surface area (Å²) < 4.78 is 37.3. The highest BCUT2D eigenvalue weighted by Gasteiger charge is 2.53. The molecule has 19 atom stereocenters. The van der Waals surface area contributed by atoms with Crippen molar-refractivity contribution < 1.29 is 58.7 Å². The number of carbonyl (C=O) groups is 1. The molecule has 3 rings (SSSR count). The molecular formula is C37H69NO12. The van der Waals surface area contributed by atoms with Gasteiger partial charge in [0.1, 0.15) is 23.9 Å². The van der Waals surface area contributed by atoms with Gasteiger partial charge in [0.05, 0.1) is 47.6 Å². The van der Waals surface area contributed by atoms with E-state index in [0.717, 1.165) is 0 Å². The van der Waals surface area contributed by atoms with Crippen LogP contribution in [0, 0.1) is 29.6 Å². The fourth-order valence-corrected chi connectivity index (χ4v) is 8.55. The standard InChI is InChI=1S/C37H69NO12/c1-14-26-37(11,44)30(40)21(5)20(4)18(2)16-35(9,43)32(50-34-28(39)25(38-12)15-19(3)46-34)22(6)29(23(7)33(42)48-26)49-27-17-36(10,45-13)31(41)24(8)47-27/h18-32,34,38-41,43-44H,14-17H2,1-13H3/t18-,19-,20+,21+,22+,23-,24+,25+,26-,27+,28-,29+,30-,31+,32-,34+,35-,36-,37-/m1/s1. The zero-order valence-corrected chi connectivity index (χ0v) is 32.7. The Hall–Kier alpha value is -0.970. The van der Waals surface area contributed by atoms with E-state index in [2.05, 4.69) is 5.32 Å². The summed E-state index contributed by atoms with van der Waals surface area (Å²) in [6.45, 7) is 19.6. The number of cyclic esters (lactones) is 1. The fourth-order valence-electron chi connectivity index (χ4n) is 8.55. The number of carbonyl (C=O) groups excluding carboxylic acids is 1. The van der Waals surface area contributed by atoms with E-state index in [0.29, 0.717) is 6.42 Å². The van der Waals surface area contributed by atoms with Crippen LogP contribution in [0.3, 0.4) is 0 Å². The second-order valence-electron chi connectivity index (χ2n) is 16.4. The SMILES string of the molecule is CC[C@H]1OC(=O)[C@H](C)[C@@H](O[C@H]2C[C@@](C)(OC)[C@@H](O)[C@H](C)O2)[C@H](C)[C@@H](O[C@@H]2O[C@H](C)C[C@H](NC)[C@H]2O)[C@](C)(O)C[C@@H](C)[C@H](C)[C@H](C)[C@@H](O)[C@]1(C)O. The minimum absolute atomic E-state index is 0.138. The van der Waals surface area contributed by atoms with Crippen molar-refractivity contribution in [3.8, 4) is 0 Å². The number of methoxy groups -OCH3 is 1. The predicted octanol–water partition coefficient (Wildman–Crippen LogP) is 2.51. The van der Waals surface area contributed by atoms with E-state index in [9.17, 15) is 30.3 Å². The van der Waals surface area contributed by atoms with Crippen LogP contribution < -0.4 is 5.32 Å². The van der Waals surface area contributed by atoms with Gasteiger partial charge in [-0.05, 0) is 85.6 Å². The molecule has 3 heterocycles. The van der Waals surface area contributed by atoms with Gasteiger partial charge in [0.15, 0.2) is 12.6 Å². The van der Waals surface area contributed by atoms with Crippen molar-refractivity contribution in [3.05, 3.63) is 0 Å². The smallest absolute Gasteiger partial charge is 0.311 e. The molecule has 3 saturated heterocycles. The molecule has 0 aliphatic carbocycles. The van der Waals surface area contributed by atoms with Crippen LogP contribution in [0.4, 0.5) is 0 Å². The quantitative estimate of drug-likeness (QED) is 0.211. The number of esters is 1. The van der Waals surface area contributed by atoms with Crippen LogP contribution in [0.25, 0.3) is 0 Å². The lowest BCUT2D eigenvalue weighted by Gasteiger charge is -2.49. The van der Waals surface area contributed by atoms with Crippen LogP contribution in [0.1, 0.15) is 102 Å². The summed E-state index contributed by atoms with van der Waals surface area (Å²) in [6, 6.07) is -0.321. The van der Waals surface area contributed by atoms with E-state index in [-0.39, 0.29) is 43.2 Å². The van der Waals surface area contributed by atoms with Crippen LogP contribution in [-0.2, 0) is 33.2 Å². The molecule has 13 heteroatoms. The van der Waals surface area contributed by atoms with Crippen LogP contribution >= 0.6 is 0 Å². The minimum Gasteiger partial charge on any atom is -0.459 e. The zero-order chi connectivity index (χ0) is 38.1. The summed E-state index contributed by atoms with van der Waals surface area (Å²) in [5.74, 6) is -3.22. The van der Waals surface area contributed by atoms with Crippen molar-refractivity contribution in [1.82, 2.24) is 5.32 Å². The Labute approximate surface area is 299 Å². The summed E-state index contributed by atoms with van der Waals surface area (Å²) in [4.78, 5) is 14.1. The van der Waals surface area contributed by atoms with E-state index in [1.807, 2.05) is 34.6 Å². The minimum atomic E-state index is -1.77. The number of hydrogen-bond donors (Lipinski definition) is 6. The maximum absolute atomic E-state index is 14.1. The molecule has 0 aromatic heterocycles. The van der Waals surface area contributed by atoms with Crippen LogP contribution in [0.5, 0.6) is 0 Å². The molecule has 294 valence electrons. The molecule has 0 saturated carbocycles. The monoisotopic (exact) mass is 719 g/mol. The van der Waals surface area contributed by atoms with Gasteiger partial charge < -0.3 is 59.3 Å². The van der Waals surface area contributed by atoms with Gasteiger partial charge in [0.2, 0.25) is 0 Å². The highest BCUT2D eigenvalue weighted by Crippen LogP contribution is 2.42. The molecule has 0 radical (unpaired) electrons. The van der Waals surface area contributed by atoms with Gasteiger partial charge in [-0.15, -0.1) is 0 Å². The highest BCUT2D eigenvalue weighted by atomic mass is 16.7. The largest absolute Gasteiger partial charge is 0.459 e. The maximum Gasteiger partial charge on any atom is 0.311 e. The number of aliphatic hydroxyl groups excluding tert-OH is 3. The van der Waals surface area contributed by atoms with Crippen LogP contribution in [-0.4, -0.2) is 130 Å². The first-order valence-electron chi connectivity index (χ1n) is 18.6. The van der Waals surface area contributed by atoms with Gasteiger partial charge in [-0.25, -0.2) is 0 Å². The number of aliphatic hydroxyl groups is 5. The second-order valence-corrected chi connectivity index (χ2v) is 16.4. The Morgan fingerprint density at radius 3 is 2.06 bits per heavy atom. The van der Waals surface area contributed by atoms with E-state index in [1.54, 1.807) is 41.7 Å². The van der Waals surface area contributed by atoms with Crippen molar-refractivity contribution in [2.75, 3.05) is 14.2 Å². The molecule has 13 nitrogen and oxygen atoms in total. The lowest BCUT2D eigenvalue weighted by molar-refractivity contribution is -0.316. The van der Waals surface area contributed by atoms with E-state index < -0.39 is 95.8 Å². The third-order valence-electron chi connectivity index (χ3n) is 12.4. The zero-order valence-electron chi connectivity index (χ0n) is 32.7. The molecule has 0 aromatic rings. The Kier molecular flexibility index (Phi) is 14.8. The van der Waals surface area contributed by atoms with Crippen molar-refractivity contribution in [1.29, 1.82) is 0 Å². The van der Waals surface area contributed by atoms with Gasteiger partial charge in [-0.2, -0.15) is 0 Å². The molecule has 3 aliphatic heterocycles. The number of ether oxygens (including phenoxy) is 6. The molecule has 3 aliphatic rings. The van der Waals surface area contributed by atoms with Gasteiger partial charge in [-0.3, -0.25) is 4.79 Å². The summed E-state index contributed by atoms with van der Waals surface area (Å²) in [5, 5.41) is 61.0. The Bertz CT molecular complexity index is 1090. The van der Waals surface area contributed by atoms with Gasteiger partial charge >= 0.3 is 5.97 Å². The van der Waals surface area contributed by atoms with Gasteiger partial charge in [-0.1, -0.05) is 34.6 Å². The third kappa shape index (κ3) is 9.21. The first-order valence-corrected chi connectivity index (χ1v) is 18.6. The maximum atomic E-state index is 14.1. The second kappa shape index (κ2) is 17.0. The Morgan fingerprint density at radius 1 is 0.880 bits per heavy atom. The normalized spacial score (nSPS) is 51.8. The number of rotatable bonds is 7. The van der Waals surface area contributed by atoms with Crippen molar-refractivity contribution in [2.45, 2.75) is 186 Å². The Balaban J connectivity index is 2.17. The van der Waals surface area contributed by atoms with Crippen molar-refractivity contribution in [2.24, 2.45) is 29.6 Å². The molecule has 0 spiro atoms. The molecule has 50 heavy (non-hydrogen) atoms. The number of likely N-dealkylation sites (N-methyl/N-ethyl adjacent to an activating group) is 1. The molecule has 0 amide bonds. The van der Waals surface area contributed by atoms with Crippen LogP contribution in [0.2, 0.25) is 0 Å². The predicted molar refractivity (Wildman–Crippen MR) is 186 cm³/mol. The molecule has 0 unspecified atom stereocenters. The molecule has 0 bridgehead atoms. The molecule has 6 N–H and O–H groups in total. The first-order chi connectivity index (χ1) is 23.1. The number of hydrogen-bond acceptors (Lipinski definition) is 13. The third-order valence-corrected chi connectivity index (χ3v) is 12.4. The summed E-state index contributed by atoms with van der Waals surface area (Å²) >= 11 is 0. The first kappa shape index (κ1) is 43.4. The van der Waals surface area contributed by atoms with E-state index in [4.69, 9.17) is 28.4 Å². The van der Waals surface area contributed by atoms with E-state index in [1.165, 1.54) is 14.0 Å². The average molecular weight is 720 g/mol. The van der Waals surface area contributed by atoms with Crippen molar-refractivity contribution >= 4 is 5.97 Å². The summed E-state index contributed by atoms with van der Waals surface area (Å²) in [7, 11) is 3.27.